The van der Waals surface area contributed by atoms with Gasteiger partial charge in [-0.1, -0.05) is 52.0 Å². The molecule has 0 bridgehead atoms. The maximum Gasteiger partial charge on any atom is 0.192 e. The summed E-state index contributed by atoms with van der Waals surface area (Å²) in [5, 5.41) is 0.142. The average Bonchev–Trinajstić information content (AvgIpc) is 2.49. The van der Waals surface area contributed by atoms with Crippen LogP contribution in [0.15, 0.2) is 24.3 Å². The molecule has 0 unspecified atom stereocenters. The fourth-order valence-corrected chi connectivity index (χ4v) is 3.56. The number of carbonyl (C=O) groups excluding carboxylic acids is 1. The highest BCUT2D eigenvalue weighted by atomic mass is 28.4. The van der Waals surface area contributed by atoms with Crippen LogP contribution in [-0.4, -0.2) is 32.9 Å². The van der Waals surface area contributed by atoms with Crippen molar-refractivity contribution in [2.75, 3.05) is 0 Å². The standard InChI is InChI=1S/C18H32O3Si/c1-7-15-11-9-8-10-12-17(16(20-15)13-14-19)21-22(5,6)18(2,3)4/h8-11,14-17H,7,12-13H2,1-6H3/b10-8-,11-9-/t15-,16-,17+/m0/s1. The minimum absolute atomic E-state index is 0.0400. The van der Waals surface area contributed by atoms with Crippen LogP contribution in [0, 0.1) is 0 Å². The second-order valence-corrected chi connectivity index (χ2v) is 12.2. The minimum atomic E-state index is -1.90. The highest BCUT2D eigenvalue weighted by Gasteiger charge is 2.41. The summed E-state index contributed by atoms with van der Waals surface area (Å²) in [4.78, 5) is 11.1. The summed E-state index contributed by atoms with van der Waals surface area (Å²) in [6.07, 6.45) is 11.1. The fraction of sp³-hybridized carbons (Fsp3) is 0.722. The van der Waals surface area contributed by atoms with Crippen LogP contribution in [0.1, 0.15) is 47.0 Å². The molecule has 22 heavy (non-hydrogen) atoms. The number of carbonyl (C=O) groups is 1. The molecule has 0 aromatic carbocycles. The Morgan fingerprint density at radius 3 is 2.55 bits per heavy atom. The van der Waals surface area contributed by atoms with E-state index in [-0.39, 0.29) is 23.4 Å². The monoisotopic (exact) mass is 324 g/mol. The van der Waals surface area contributed by atoms with E-state index >= 15 is 0 Å². The van der Waals surface area contributed by atoms with Gasteiger partial charge in [0.2, 0.25) is 0 Å². The van der Waals surface area contributed by atoms with Crippen LogP contribution in [0.3, 0.4) is 0 Å². The fourth-order valence-electron chi connectivity index (χ4n) is 2.20. The van der Waals surface area contributed by atoms with Gasteiger partial charge in [0.05, 0.1) is 18.3 Å². The predicted octanol–water partition coefficient (Wildman–Crippen LogP) is 4.65. The number of hydrogen-bond donors (Lipinski definition) is 0. The number of ether oxygens (including phenoxy) is 1. The van der Waals surface area contributed by atoms with E-state index in [9.17, 15) is 4.79 Å². The molecule has 0 amide bonds. The molecule has 1 aliphatic heterocycles. The summed E-state index contributed by atoms with van der Waals surface area (Å²) in [5.74, 6) is 0. The molecule has 1 aliphatic rings. The number of aldehydes is 1. The molecular weight excluding hydrogens is 292 g/mol. The minimum Gasteiger partial charge on any atom is -0.411 e. The lowest BCUT2D eigenvalue weighted by atomic mass is 10.1. The lowest BCUT2D eigenvalue weighted by molar-refractivity contribution is -0.115. The van der Waals surface area contributed by atoms with Crippen LogP contribution in [-0.2, 0) is 14.0 Å². The van der Waals surface area contributed by atoms with Gasteiger partial charge in [0, 0.05) is 6.42 Å². The van der Waals surface area contributed by atoms with Crippen molar-refractivity contribution in [3.8, 4) is 0 Å². The van der Waals surface area contributed by atoms with Gasteiger partial charge in [-0.25, -0.2) is 0 Å². The second kappa shape index (κ2) is 8.23. The van der Waals surface area contributed by atoms with Crippen molar-refractivity contribution in [3.63, 3.8) is 0 Å². The van der Waals surface area contributed by atoms with E-state index in [4.69, 9.17) is 9.16 Å². The molecule has 4 heteroatoms. The molecule has 3 nitrogen and oxygen atoms in total. The third-order valence-electron chi connectivity index (χ3n) is 4.69. The normalized spacial score (nSPS) is 30.0. The van der Waals surface area contributed by atoms with Crippen molar-refractivity contribution in [1.29, 1.82) is 0 Å². The summed E-state index contributed by atoms with van der Waals surface area (Å²) in [6, 6.07) is 0. The number of rotatable bonds is 5. The van der Waals surface area contributed by atoms with E-state index in [0.717, 1.165) is 19.1 Å². The molecule has 1 heterocycles. The molecule has 1 rings (SSSR count). The first kappa shape index (κ1) is 19.3. The first-order valence-corrected chi connectivity index (χ1v) is 11.2. The lowest BCUT2D eigenvalue weighted by Gasteiger charge is -2.41. The maximum atomic E-state index is 11.1. The van der Waals surface area contributed by atoms with Crippen LogP contribution in [0.25, 0.3) is 0 Å². The summed E-state index contributed by atoms with van der Waals surface area (Å²) in [7, 11) is -1.90. The van der Waals surface area contributed by atoms with Crippen LogP contribution in [0.5, 0.6) is 0 Å². The smallest absolute Gasteiger partial charge is 0.192 e. The largest absolute Gasteiger partial charge is 0.411 e. The topological polar surface area (TPSA) is 35.5 Å². The molecule has 0 aromatic rings. The average molecular weight is 325 g/mol. The first-order valence-electron chi connectivity index (χ1n) is 8.31. The molecule has 0 radical (unpaired) electrons. The van der Waals surface area contributed by atoms with Crippen molar-refractivity contribution in [2.24, 2.45) is 0 Å². The SMILES string of the molecule is CC[C@H]1/C=C\C=C/C[C@@H](O[Si](C)(C)C(C)(C)C)[C@H](CC=O)O1. The molecule has 3 atom stereocenters. The Bertz CT molecular complexity index is 407. The third-order valence-corrected chi connectivity index (χ3v) is 9.19. The maximum absolute atomic E-state index is 11.1. The first-order chi connectivity index (χ1) is 10.2. The van der Waals surface area contributed by atoms with Gasteiger partial charge in [0.25, 0.3) is 0 Å². The van der Waals surface area contributed by atoms with Crippen molar-refractivity contribution in [2.45, 2.75) is 83.4 Å². The molecule has 0 spiro atoms. The van der Waals surface area contributed by atoms with E-state index < -0.39 is 8.32 Å². The summed E-state index contributed by atoms with van der Waals surface area (Å²) < 4.78 is 12.7. The van der Waals surface area contributed by atoms with E-state index in [0.29, 0.717) is 6.42 Å². The Kier molecular flexibility index (Phi) is 7.23. The van der Waals surface area contributed by atoms with Gasteiger partial charge in [0.1, 0.15) is 6.29 Å². The van der Waals surface area contributed by atoms with E-state index in [1.54, 1.807) is 0 Å². The molecule has 0 aliphatic carbocycles. The Balaban J connectivity index is 2.98. The van der Waals surface area contributed by atoms with Crippen LogP contribution in [0.4, 0.5) is 0 Å². The molecule has 0 N–H and O–H groups in total. The lowest BCUT2D eigenvalue weighted by Crippen LogP contribution is -2.48. The highest BCUT2D eigenvalue weighted by Crippen LogP contribution is 2.38. The second-order valence-electron chi connectivity index (χ2n) is 7.49. The molecule has 0 saturated carbocycles. The van der Waals surface area contributed by atoms with E-state index in [1.165, 1.54) is 0 Å². The molecule has 0 fully saturated rings. The molecule has 0 aromatic heterocycles. The van der Waals surface area contributed by atoms with E-state index in [2.05, 4.69) is 59.0 Å². The number of hydrogen-bond acceptors (Lipinski definition) is 3. The molecule has 126 valence electrons. The predicted molar refractivity (Wildman–Crippen MR) is 94.6 cm³/mol. The summed E-state index contributed by atoms with van der Waals surface area (Å²) >= 11 is 0. The zero-order chi connectivity index (χ0) is 16.8. The van der Waals surface area contributed by atoms with Crippen LogP contribution < -0.4 is 0 Å². The molecular formula is C18H32O3Si. The van der Waals surface area contributed by atoms with Gasteiger partial charge in [-0.05, 0) is 31.0 Å². The van der Waals surface area contributed by atoms with Gasteiger partial charge in [0.15, 0.2) is 8.32 Å². The third kappa shape index (κ3) is 5.49. The van der Waals surface area contributed by atoms with Crippen LogP contribution in [0.2, 0.25) is 18.1 Å². The Labute approximate surface area is 136 Å². The van der Waals surface area contributed by atoms with Gasteiger partial charge in [-0.2, -0.15) is 0 Å². The van der Waals surface area contributed by atoms with Crippen LogP contribution >= 0.6 is 0 Å². The van der Waals surface area contributed by atoms with Gasteiger partial charge in [-0.15, -0.1) is 0 Å². The Morgan fingerprint density at radius 2 is 2.00 bits per heavy atom. The van der Waals surface area contributed by atoms with E-state index in [1.807, 2.05) is 6.08 Å². The van der Waals surface area contributed by atoms with Gasteiger partial charge < -0.3 is 14.0 Å². The van der Waals surface area contributed by atoms with Crippen molar-refractivity contribution in [1.82, 2.24) is 0 Å². The van der Waals surface area contributed by atoms with Gasteiger partial charge >= 0.3 is 0 Å². The quantitative estimate of drug-likeness (QED) is 0.545. The van der Waals surface area contributed by atoms with Gasteiger partial charge in [-0.3, -0.25) is 0 Å². The zero-order valence-electron chi connectivity index (χ0n) is 15.0. The summed E-state index contributed by atoms with van der Waals surface area (Å²) in [6.45, 7) is 13.3. The summed E-state index contributed by atoms with van der Waals surface area (Å²) in [5.41, 5.74) is 0. The van der Waals surface area contributed by atoms with Crippen molar-refractivity contribution in [3.05, 3.63) is 24.3 Å². The van der Waals surface area contributed by atoms with Crippen molar-refractivity contribution >= 4 is 14.6 Å². The van der Waals surface area contributed by atoms with Crippen molar-refractivity contribution < 1.29 is 14.0 Å². The zero-order valence-corrected chi connectivity index (χ0v) is 16.0. The Hall–Kier alpha value is -0.713. The Morgan fingerprint density at radius 1 is 1.32 bits per heavy atom. The number of allylic oxidation sites excluding steroid dienone is 2. The molecule has 0 saturated heterocycles. The highest BCUT2D eigenvalue weighted by molar-refractivity contribution is 6.74.